The molecule has 1 aromatic rings. The molecule has 0 saturated heterocycles. The average Bonchev–Trinajstić information content (AvgIpc) is 2.35. The first-order chi connectivity index (χ1) is 8.36. The van der Waals surface area contributed by atoms with E-state index in [9.17, 15) is 12.8 Å². The quantitative estimate of drug-likeness (QED) is 0.570. The second-order valence-electron chi connectivity index (χ2n) is 3.55. The van der Waals surface area contributed by atoms with Crippen LogP contribution in [-0.2, 0) is 10.0 Å². The molecule has 1 rings (SSSR count). The van der Waals surface area contributed by atoms with Crippen molar-refractivity contribution in [3.63, 3.8) is 0 Å². The first-order valence-corrected chi connectivity index (χ1v) is 6.56. The highest BCUT2D eigenvalue weighted by Crippen LogP contribution is 2.10. The Morgan fingerprint density at radius 1 is 1.33 bits per heavy atom. The van der Waals surface area contributed by atoms with Crippen molar-refractivity contribution in [2.75, 3.05) is 7.05 Å². The van der Waals surface area contributed by atoms with Crippen molar-refractivity contribution in [1.29, 1.82) is 5.41 Å². The normalized spacial score (nSPS) is 12.1. The zero-order chi connectivity index (χ0) is 13.8. The molecule has 0 saturated carbocycles. The van der Waals surface area contributed by atoms with Gasteiger partial charge in [-0.15, -0.1) is 0 Å². The Balaban J connectivity index is 2.90. The van der Waals surface area contributed by atoms with Gasteiger partial charge in [0.05, 0.1) is 11.1 Å². The van der Waals surface area contributed by atoms with Crippen molar-refractivity contribution in [3.8, 4) is 0 Å². The minimum absolute atomic E-state index is 0.0353. The molecule has 0 spiro atoms. The van der Waals surface area contributed by atoms with Crippen LogP contribution in [0, 0.1) is 12.3 Å². The van der Waals surface area contributed by atoms with E-state index < -0.39 is 21.7 Å². The van der Waals surface area contributed by atoms with Gasteiger partial charge in [0, 0.05) is 7.05 Å². The summed E-state index contributed by atoms with van der Waals surface area (Å²) in [6, 6.07) is 6.13. The van der Waals surface area contributed by atoms with Gasteiger partial charge in [-0.2, -0.15) is 0 Å². The maximum absolute atomic E-state index is 13.2. The Hall–Kier alpha value is -1.89. The monoisotopic (exact) mass is 271 g/mol. The maximum atomic E-state index is 13.2. The fraction of sp³-hybridized carbons (Fsp3) is 0.182. The highest BCUT2D eigenvalue weighted by Gasteiger charge is 2.12. The van der Waals surface area contributed by atoms with E-state index in [2.05, 4.69) is 5.32 Å². The van der Waals surface area contributed by atoms with Gasteiger partial charge in [-0.1, -0.05) is 17.7 Å². The van der Waals surface area contributed by atoms with Crippen LogP contribution in [0.3, 0.4) is 0 Å². The minimum atomic E-state index is -3.80. The summed E-state index contributed by atoms with van der Waals surface area (Å²) in [6.45, 7) is 1.83. The summed E-state index contributed by atoms with van der Waals surface area (Å²) >= 11 is 0. The number of amidine groups is 1. The number of benzene rings is 1. The zero-order valence-corrected chi connectivity index (χ0v) is 10.8. The van der Waals surface area contributed by atoms with Gasteiger partial charge >= 0.3 is 0 Å². The highest BCUT2D eigenvalue weighted by molar-refractivity contribution is 7.89. The van der Waals surface area contributed by atoms with E-state index in [0.717, 1.165) is 5.56 Å². The number of likely N-dealkylation sites (N-methyl/N-ethyl adjacent to an activating group) is 1. The molecule has 98 valence electrons. The molecule has 0 bridgehead atoms. The van der Waals surface area contributed by atoms with Crippen LogP contribution in [-0.4, -0.2) is 21.3 Å². The van der Waals surface area contributed by atoms with Gasteiger partial charge < -0.3 is 5.32 Å². The molecule has 0 atom stereocenters. The first-order valence-electron chi connectivity index (χ1n) is 5.08. The Morgan fingerprint density at radius 2 is 1.89 bits per heavy atom. The van der Waals surface area contributed by atoms with Crippen LogP contribution in [0.4, 0.5) is 4.39 Å². The molecule has 0 fully saturated rings. The Morgan fingerprint density at radius 3 is 2.39 bits per heavy atom. The van der Waals surface area contributed by atoms with Crippen molar-refractivity contribution in [2.24, 2.45) is 0 Å². The average molecular weight is 271 g/mol. The lowest BCUT2D eigenvalue weighted by atomic mass is 10.2. The van der Waals surface area contributed by atoms with Gasteiger partial charge in [0.15, 0.2) is 11.7 Å². The van der Waals surface area contributed by atoms with Crippen molar-refractivity contribution in [2.45, 2.75) is 11.8 Å². The van der Waals surface area contributed by atoms with E-state index in [1.807, 2.05) is 11.6 Å². The molecule has 0 unspecified atom stereocenters. The fourth-order valence-corrected chi connectivity index (χ4v) is 2.00. The molecule has 1 aromatic carbocycles. The second kappa shape index (κ2) is 5.63. The molecule has 0 aliphatic rings. The van der Waals surface area contributed by atoms with Crippen LogP contribution in [0.15, 0.2) is 41.2 Å². The van der Waals surface area contributed by atoms with Gasteiger partial charge in [-0.3, -0.25) is 10.1 Å². The molecular formula is C11H14FN3O2S. The number of halogens is 1. The third-order valence-electron chi connectivity index (χ3n) is 2.16. The number of hydrogen-bond donors (Lipinski definition) is 3. The minimum Gasteiger partial charge on any atom is -0.371 e. The fourth-order valence-electron chi connectivity index (χ4n) is 1.11. The lowest BCUT2D eigenvalue weighted by Gasteiger charge is -2.05. The molecule has 0 aliphatic carbocycles. The van der Waals surface area contributed by atoms with Crippen LogP contribution in [0.25, 0.3) is 0 Å². The van der Waals surface area contributed by atoms with E-state index in [1.54, 1.807) is 12.1 Å². The van der Waals surface area contributed by atoms with Crippen LogP contribution in [0.1, 0.15) is 5.56 Å². The molecule has 0 aliphatic heterocycles. The van der Waals surface area contributed by atoms with Gasteiger partial charge in [0.25, 0.3) is 10.0 Å². The first kappa shape index (κ1) is 14.2. The van der Waals surface area contributed by atoms with Crippen LogP contribution in [0.2, 0.25) is 0 Å². The SMILES string of the molecule is CNC(=N)/C(F)=C\NS(=O)(=O)c1ccc(C)cc1. The second-order valence-corrected chi connectivity index (χ2v) is 5.27. The zero-order valence-electron chi connectivity index (χ0n) is 9.99. The molecule has 7 heteroatoms. The summed E-state index contributed by atoms with van der Waals surface area (Å²) in [7, 11) is -2.44. The standard InChI is InChI=1S/C11H14FN3O2S/c1-8-3-5-9(6-4-8)18(16,17)15-7-10(12)11(13)14-2/h3-7,15H,1-2H3,(H2,13,14)/b10-7+. The summed E-state index contributed by atoms with van der Waals surface area (Å²) in [5.74, 6) is -1.49. The molecule has 3 N–H and O–H groups in total. The molecule has 0 amide bonds. The number of aryl methyl sites for hydroxylation is 1. The van der Waals surface area contributed by atoms with E-state index >= 15 is 0 Å². The number of nitrogens with one attached hydrogen (secondary N) is 3. The number of sulfonamides is 1. The smallest absolute Gasteiger partial charge is 0.261 e. The third-order valence-corrected chi connectivity index (χ3v) is 3.48. The van der Waals surface area contributed by atoms with Gasteiger partial charge in [0.2, 0.25) is 0 Å². The largest absolute Gasteiger partial charge is 0.371 e. The Labute approximate surface area is 105 Å². The van der Waals surface area contributed by atoms with Crippen LogP contribution in [0.5, 0.6) is 0 Å². The summed E-state index contributed by atoms with van der Waals surface area (Å²) in [5.41, 5.74) is 0.924. The third kappa shape index (κ3) is 3.56. The van der Waals surface area contributed by atoms with Gasteiger partial charge in [-0.05, 0) is 19.1 Å². The Kier molecular flexibility index (Phi) is 4.43. The summed E-state index contributed by atoms with van der Waals surface area (Å²) in [5, 5.41) is 9.35. The van der Waals surface area contributed by atoms with Gasteiger partial charge in [-0.25, -0.2) is 12.8 Å². The van der Waals surface area contributed by atoms with Crippen molar-refractivity contribution in [1.82, 2.24) is 10.0 Å². The molecular weight excluding hydrogens is 257 g/mol. The van der Waals surface area contributed by atoms with Crippen molar-refractivity contribution < 1.29 is 12.8 Å². The van der Waals surface area contributed by atoms with Crippen LogP contribution < -0.4 is 10.0 Å². The number of rotatable bonds is 4. The number of hydrogen-bond acceptors (Lipinski definition) is 3. The predicted molar refractivity (Wildman–Crippen MR) is 67.5 cm³/mol. The molecule has 18 heavy (non-hydrogen) atoms. The Bertz CT molecular complexity index is 564. The molecule has 0 radical (unpaired) electrons. The highest BCUT2D eigenvalue weighted by atomic mass is 32.2. The molecule has 5 nitrogen and oxygen atoms in total. The summed E-state index contributed by atoms with van der Waals surface area (Å²) in [6.07, 6.45) is 0.633. The molecule has 0 aromatic heterocycles. The van der Waals surface area contributed by atoms with E-state index in [0.29, 0.717) is 6.20 Å². The summed E-state index contributed by atoms with van der Waals surface area (Å²) in [4.78, 5) is 0.0353. The van der Waals surface area contributed by atoms with Crippen molar-refractivity contribution in [3.05, 3.63) is 41.9 Å². The van der Waals surface area contributed by atoms with Gasteiger partial charge in [0.1, 0.15) is 0 Å². The predicted octanol–water partition coefficient (Wildman–Crippen LogP) is 1.28. The molecule has 0 heterocycles. The lowest BCUT2D eigenvalue weighted by Crippen LogP contribution is -2.22. The summed E-state index contributed by atoms with van der Waals surface area (Å²) < 4.78 is 38.6. The van der Waals surface area contributed by atoms with E-state index in [1.165, 1.54) is 19.2 Å². The van der Waals surface area contributed by atoms with E-state index in [-0.39, 0.29) is 4.90 Å². The maximum Gasteiger partial charge on any atom is 0.261 e. The van der Waals surface area contributed by atoms with E-state index in [4.69, 9.17) is 5.41 Å². The topological polar surface area (TPSA) is 82.1 Å². The van der Waals surface area contributed by atoms with Crippen LogP contribution >= 0.6 is 0 Å². The lowest BCUT2D eigenvalue weighted by molar-refractivity contribution is 0.588. The van der Waals surface area contributed by atoms with Crippen molar-refractivity contribution >= 4 is 15.9 Å².